The fraction of sp³-hybridized carbons (Fsp3) is 0.667. The summed E-state index contributed by atoms with van der Waals surface area (Å²) in [5.41, 5.74) is 1.08. The largest absolute Gasteiger partial charge is 0.375 e. The zero-order valence-corrected chi connectivity index (χ0v) is 12.3. The van der Waals surface area contributed by atoms with Gasteiger partial charge in [0.05, 0.1) is 24.9 Å². The normalized spacial score (nSPS) is 23.0. The van der Waals surface area contributed by atoms with Crippen molar-refractivity contribution in [3.8, 4) is 0 Å². The first kappa shape index (κ1) is 13.6. The van der Waals surface area contributed by atoms with E-state index >= 15 is 0 Å². The minimum absolute atomic E-state index is 0.175. The summed E-state index contributed by atoms with van der Waals surface area (Å²) in [6.07, 6.45) is 4.36. The Morgan fingerprint density at radius 1 is 1.25 bits per heavy atom. The first-order valence-electron chi connectivity index (χ1n) is 7.38. The fourth-order valence-electron chi connectivity index (χ4n) is 2.69. The number of rotatable bonds is 3. The molecule has 0 aliphatic carbocycles. The van der Waals surface area contributed by atoms with Crippen molar-refractivity contribution >= 4 is 11.5 Å². The Bertz CT molecular complexity index is 448. The summed E-state index contributed by atoms with van der Waals surface area (Å²) in [5.74, 6) is 0.583. The molecule has 2 saturated heterocycles. The molecule has 0 unspecified atom stereocenters. The molecule has 3 rings (SSSR count). The van der Waals surface area contributed by atoms with Crippen molar-refractivity contribution in [3.63, 3.8) is 0 Å². The summed E-state index contributed by atoms with van der Waals surface area (Å²) < 4.78 is 11.4. The molecule has 20 heavy (non-hydrogen) atoms. The van der Waals surface area contributed by atoms with Crippen molar-refractivity contribution in [2.75, 3.05) is 36.5 Å². The van der Waals surface area contributed by atoms with Crippen LogP contribution >= 0.6 is 0 Å². The third-order valence-corrected chi connectivity index (χ3v) is 3.82. The van der Waals surface area contributed by atoms with E-state index in [2.05, 4.69) is 21.3 Å². The van der Waals surface area contributed by atoms with E-state index < -0.39 is 5.79 Å². The van der Waals surface area contributed by atoms with Crippen LogP contribution in [0.4, 0.5) is 11.5 Å². The highest BCUT2D eigenvalue weighted by Crippen LogP contribution is 2.28. The van der Waals surface area contributed by atoms with Gasteiger partial charge in [0.25, 0.3) is 0 Å². The first-order chi connectivity index (χ1) is 9.64. The smallest absolute Gasteiger partial charge is 0.162 e. The van der Waals surface area contributed by atoms with Crippen LogP contribution in [0.5, 0.6) is 0 Å². The second kappa shape index (κ2) is 5.58. The van der Waals surface area contributed by atoms with Gasteiger partial charge < -0.3 is 19.7 Å². The van der Waals surface area contributed by atoms with Gasteiger partial charge in [0, 0.05) is 19.3 Å². The molecular weight excluding hydrogens is 254 g/mol. The molecule has 1 N–H and O–H groups in total. The highest BCUT2D eigenvalue weighted by molar-refractivity contribution is 5.66. The number of hydrogen-bond donors (Lipinski definition) is 1. The van der Waals surface area contributed by atoms with Crippen LogP contribution in [0.25, 0.3) is 0 Å². The Labute approximate surface area is 120 Å². The summed E-state index contributed by atoms with van der Waals surface area (Å²) in [6, 6.07) is 4.23. The molecule has 5 heteroatoms. The third-order valence-electron chi connectivity index (χ3n) is 3.82. The second-order valence-corrected chi connectivity index (χ2v) is 5.93. The van der Waals surface area contributed by atoms with Crippen molar-refractivity contribution < 1.29 is 9.47 Å². The second-order valence-electron chi connectivity index (χ2n) is 5.93. The Balaban J connectivity index is 1.68. The molecule has 2 fully saturated rings. The predicted octanol–water partition coefficient (Wildman–Crippen LogP) is 2.25. The highest BCUT2D eigenvalue weighted by Gasteiger charge is 2.29. The van der Waals surface area contributed by atoms with Gasteiger partial charge in [-0.2, -0.15) is 0 Å². The Kier molecular flexibility index (Phi) is 3.81. The summed E-state index contributed by atoms with van der Waals surface area (Å²) in [4.78, 5) is 6.88. The molecule has 0 amide bonds. The average molecular weight is 277 g/mol. The molecule has 5 nitrogen and oxygen atoms in total. The number of nitrogens with one attached hydrogen (secondary N) is 1. The maximum atomic E-state index is 5.70. The number of pyridine rings is 1. The topological polar surface area (TPSA) is 46.6 Å². The van der Waals surface area contributed by atoms with E-state index in [4.69, 9.17) is 9.47 Å². The number of aromatic nitrogens is 1. The lowest BCUT2D eigenvalue weighted by molar-refractivity contribution is -0.247. The van der Waals surface area contributed by atoms with Crippen LogP contribution < -0.4 is 10.2 Å². The molecule has 1 aromatic rings. The summed E-state index contributed by atoms with van der Waals surface area (Å²) in [5, 5.41) is 3.51. The van der Waals surface area contributed by atoms with Crippen LogP contribution in [-0.2, 0) is 9.47 Å². The molecule has 0 radical (unpaired) electrons. The van der Waals surface area contributed by atoms with Crippen LogP contribution in [0.3, 0.4) is 0 Å². The van der Waals surface area contributed by atoms with Crippen LogP contribution in [-0.4, -0.2) is 43.1 Å². The quantitative estimate of drug-likeness (QED) is 0.918. The molecule has 0 aromatic carbocycles. The van der Waals surface area contributed by atoms with E-state index in [1.165, 1.54) is 12.8 Å². The molecule has 1 aromatic heterocycles. The summed E-state index contributed by atoms with van der Waals surface area (Å²) in [7, 11) is 0. The van der Waals surface area contributed by atoms with Gasteiger partial charge in [-0.3, -0.25) is 0 Å². The van der Waals surface area contributed by atoms with Gasteiger partial charge in [-0.05, 0) is 38.8 Å². The Morgan fingerprint density at radius 2 is 1.95 bits per heavy atom. The highest BCUT2D eigenvalue weighted by atomic mass is 16.7. The van der Waals surface area contributed by atoms with Crippen molar-refractivity contribution in [2.45, 2.75) is 38.5 Å². The van der Waals surface area contributed by atoms with E-state index in [-0.39, 0.29) is 6.04 Å². The molecule has 2 aliphatic heterocycles. The number of ether oxygens (including phenoxy) is 2. The van der Waals surface area contributed by atoms with Gasteiger partial charge in [-0.15, -0.1) is 0 Å². The maximum absolute atomic E-state index is 5.70. The molecule has 3 heterocycles. The lowest BCUT2D eigenvalue weighted by Gasteiger charge is -2.36. The third kappa shape index (κ3) is 3.04. The fourth-order valence-corrected chi connectivity index (χ4v) is 2.69. The van der Waals surface area contributed by atoms with E-state index in [1.54, 1.807) is 0 Å². The monoisotopic (exact) mass is 277 g/mol. The minimum Gasteiger partial charge on any atom is -0.375 e. The average Bonchev–Trinajstić information content (AvgIpc) is 2.96. The molecule has 110 valence electrons. The molecule has 0 atom stereocenters. The van der Waals surface area contributed by atoms with Gasteiger partial charge in [-0.25, -0.2) is 4.98 Å². The van der Waals surface area contributed by atoms with Gasteiger partial charge in [0.2, 0.25) is 0 Å². The predicted molar refractivity (Wildman–Crippen MR) is 79.1 cm³/mol. The lowest BCUT2D eigenvalue weighted by Crippen LogP contribution is -2.45. The van der Waals surface area contributed by atoms with Crippen molar-refractivity contribution in [1.29, 1.82) is 0 Å². The van der Waals surface area contributed by atoms with Crippen LogP contribution in [0, 0.1) is 0 Å². The standard InChI is InChI=1S/C15H23N3O2/c1-15(2)19-10-12(11-20-15)17-13-6-5-7-16-14(13)18-8-3-4-9-18/h5-7,12,17H,3-4,8-11H2,1-2H3. The summed E-state index contributed by atoms with van der Waals surface area (Å²) >= 11 is 0. The van der Waals surface area contributed by atoms with E-state index in [1.807, 2.05) is 26.1 Å². The molecular formula is C15H23N3O2. The number of nitrogens with zero attached hydrogens (tertiary/aromatic N) is 2. The molecule has 2 aliphatic rings. The van der Waals surface area contributed by atoms with Crippen molar-refractivity contribution in [1.82, 2.24) is 4.98 Å². The van der Waals surface area contributed by atoms with Gasteiger partial charge >= 0.3 is 0 Å². The Hall–Kier alpha value is -1.33. The van der Waals surface area contributed by atoms with Crippen LogP contribution in [0.1, 0.15) is 26.7 Å². The van der Waals surface area contributed by atoms with Gasteiger partial charge in [0.15, 0.2) is 11.6 Å². The SMILES string of the molecule is CC1(C)OCC(Nc2cccnc2N2CCCC2)CO1. The van der Waals surface area contributed by atoms with Crippen molar-refractivity contribution in [2.24, 2.45) is 0 Å². The van der Waals surface area contributed by atoms with Crippen LogP contribution in [0.15, 0.2) is 18.3 Å². The first-order valence-corrected chi connectivity index (χ1v) is 7.38. The molecule has 0 bridgehead atoms. The zero-order valence-electron chi connectivity index (χ0n) is 12.3. The summed E-state index contributed by atoms with van der Waals surface area (Å²) in [6.45, 7) is 7.39. The molecule has 0 saturated carbocycles. The van der Waals surface area contributed by atoms with Crippen LogP contribution in [0.2, 0.25) is 0 Å². The minimum atomic E-state index is -0.467. The lowest BCUT2D eigenvalue weighted by atomic mass is 10.2. The Morgan fingerprint density at radius 3 is 2.65 bits per heavy atom. The van der Waals surface area contributed by atoms with Gasteiger partial charge in [0.1, 0.15) is 0 Å². The van der Waals surface area contributed by atoms with E-state index in [0.29, 0.717) is 13.2 Å². The van der Waals surface area contributed by atoms with E-state index in [9.17, 15) is 0 Å². The number of anilines is 2. The molecule has 0 spiro atoms. The number of hydrogen-bond acceptors (Lipinski definition) is 5. The van der Waals surface area contributed by atoms with E-state index in [0.717, 1.165) is 24.6 Å². The van der Waals surface area contributed by atoms with Gasteiger partial charge in [-0.1, -0.05) is 0 Å². The van der Waals surface area contributed by atoms with Crippen molar-refractivity contribution in [3.05, 3.63) is 18.3 Å². The maximum Gasteiger partial charge on any atom is 0.162 e. The zero-order chi connectivity index (χ0) is 14.0.